The lowest BCUT2D eigenvalue weighted by atomic mass is 10.2. The zero-order chi connectivity index (χ0) is 13.9. The summed E-state index contributed by atoms with van der Waals surface area (Å²) in [5, 5.41) is 10.9. The third-order valence-corrected chi connectivity index (χ3v) is 3.53. The molecule has 106 valence electrons. The lowest BCUT2D eigenvalue weighted by Gasteiger charge is -2.28. The first-order valence-corrected chi connectivity index (χ1v) is 6.77. The van der Waals surface area contributed by atoms with Crippen LogP contribution in [0.2, 0.25) is 5.02 Å². The molecule has 0 radical (unpaired) electrons. The van der Waals surface area contributed by atoms with Crippen LogP contribution in [0, 0.1) is 0 Å². The summed E-state index contributed by atoms with van der Waals surface area (Å²) in [6.45, 7) is 4.10. The number of halogens is 1. The Bertz CT molecular complexity index is 422. The van der Waals surface area contributed by atoms with Gasteiger partial charge in [0.1, 0.15) is 6.10 Å². The van der Waals surface area contributed by atoms with E-state index in [0.29, 0.717) is 11.6 Å². The molecule has 3 unspecified atom stereocenters. The second kappa shape index (κ2) is 6.20. The Balaban J connectivity index is 1.93. The van der Waals surface area contributed by atoms with Crippen molar-refractivity contribution in [1.82, 2.24) is 0 Å². The topological polar surface area (TPSA) is 47.9 Å². The summed E-state index contributed by atoms with van der Waals surface area (Å²) in [5.74, 6) is -1.40. The maximum absolute atomic E-state index is 10.3. The molecular formula is C14H19ClO4. The van der Waals surface area contributed by atoms with Gasteiger partial charge in [-0.15, -0.1) is 0 Å². The molecule has 1 fully saturated rings. The summed E-state index contributed by atoms with van der Waals surface area (Å²) in [5.41, 5.74) is 0.829. The SMILES string of the molecule is CCC1OCC(C(C)(O)OCc2ccccc2Cl)O1. The van der Waals surface area contributed by atoms with Crippen LogP contribution in [0.4, 0.5) is 0 Å². The number of benzene rings is 1. The van der Waals surface area contributed by atoms with Gasteiger partial charge in [-0.05, 0) is 25.0 Å². The van der Waals surface area contributed by atoms with Gasteiger partial charge in [0.15, 0.2) is 12.1 Å². The number of ether oxygens (including phenoxy) is 3. The van der Waals surface area contributed by atoms with E-state index in [9.17, 15) is 5.11 Å². The van der Waals surface area contributed by atoms with Crippen molar-refractivity contribution in [3.8, 4) is 0 Å². The fraction of sp³-hybridized carbons (Fsp3) is 0.571. The van der Waals surface area contributed by atoms with Crippen molar-refractivity contribution in [3.63, 3.8) is 0 Å². The molecule has 0 saturated carbocycles. The van der Waals surface area contributed by atoms with Gasteiger partial charge >= 0.3 is 0 Å². The number of aliphatic hydroxyl groups is 1. The van der Waals surface area contributed by atoms with E-state index in [1.54, 1.807) is 13.0 Å². The van der Waals surface area contributed by atoms with E-state index in [0.717, 1.165) is 12.0 Å². The third kappa shape index (κ3) is 3.68. The molecule has 2 rings (SSSR count). The van der Waals surface area contributed by atoms with E-state index >= 15 is 0 Å². The highest BCUT2D eigenvalue weighted by molar-refractivity contribution is 6.31. The first-order valence-electron chi connectivity index (χ1n) is 6.39. The standard InChI is InChI=1S/C14H19ClO4/c1-3-13-17-9-12(19-13)14(2,16)18-8-10-6-4-5-7-11(10)15/h4-7,12-13,16H,3,8-9H2,1-2H3. The average molecular weight is 287 g/mol. The van der Waals surface area contributed by atoms with E-state index in [1.165, 1.54) is 0 Å². The quantitative estimate of drug-likeness (QED) is 0.846. The molecule has 1 N–H and O–H groups in total. The van der Waals surface area contributed by atoms with E-state index in [2.05, 4.69) is 0 Å². The molecule has 0 aromatic heterocycles. The molecule has 0 amide bonds. The highest BCUT2D eigenvalue weighted by Gasteiger charge is 2.40. The first-order chi connectivity index (χ1) is 9.03. The molecule has 1 aromatic carbocycles. The van der Waals surface area contributed by atoms with Crippen LogP contribution in [0.25, 0.3) is 0 Å². The maximum atomic E-state index is 10.3. The van der Waals surface area contributed by atoms with Gasteiger partial charge in [0, 0.05) is 5.02 Å². The highest BCUT2D eigenvalue weighted by atomic mass is 35.5. The lowest BCUT2D eigenvalue weighted by molar-refractivity contribution is -0.255. The molecule has 3 atom stereocenters. The van der Waals surface area contributed by atoms with Gasteiger partial charge in [0.05, 0.1) is 13.2 Å². The van der Waals surface area contributed by atoms with Crippen LogP contribution >= 0.6 is 11.6 Å². The van der Waals surface area contributed by atoms with Crippen molar-refractivity contribution in [3.05, 3.63) is 34.9 Å². The molecule has 0 bridgehead atoms. The Morgan fingerprint density at radius 2 is 2.21 bits per heavy atom. The van der Waals surface area contributed by atoms with Crippen molar-refractivity contribution in [2.75, 3.05) is 6.61 Å². The van der Waals surface area contributed by atoms with Gasteiger partial charge in [-0.25, -0.2) is 0 Å². The van der Waals surface area contributed by atoms with Crippen LogP contribution in [0.3, 0.4) is 0 Å². The minimum absolute atomic E-state index is 0.226. The molecule has 1 aromatic rings. The van der Waals surface area contributed by atoms with Gasteiger partial charge in [0.2, 0.25) is 0 Å². The monoisotopic (exact) mass is 286 g/mol. The molecule has 1 aliphatic heterocycles. The lowest BCUT2D eigenvalue weighted by Crippen LogP contribution is -2.43. The summed E-state index contributed by atoms with van der Waals surface area (Å²) in [6.07, 6.45) is -0.00258. The second-order valence-electron chi connectivity index (χ2n) is 4.73. The first kappa shape index (κ1) is 14.8. The normalized spacial score (nSPS) is 26.3. The molecule has 1 heterocycles. The van der Waals surface area contributed by atoms with Crippen LogP contribution in [-0.4, -0.2) is 29.9 Å². The fourth-order valence-corrected chi connectivity index (χ4v) is 2.07. The molecule has 19 heavy (non-hydrogen) atoms. The number of hydrogen-bond donors (Lipinski definition) is 1. The predicted molar refractivity (Wildman–Crippen MR) is 71.8 cm³/mol. The molecule has 0 aliphatic carbocycles. The average Bonchev–Trinajstić information content (AvgIpc) is 2.87. The van der Waals surface area contributed by atoms with Crippen LogP contribution < -0.4 is 0 Å². The summed E-state index contributed by atoms with van der Waals surface area (Å²) in [6, 6.07) is 7.38. The van der Waals surface area contributed by atoms with Crippen molar-refractivity contribution in [1.29, 1.82) is 0 Å². The zero-order valence-electron chi connectivity index (χ0n) is 11.1. The smallest absolute Gasteiger partial charge is 0.192 e. The Morgan fingerprint density at radius 3 is 2.84 bits per heavy atom. The minimum atomic E-state index is -1.40. The third-order valence-electron chi connectivity index (χ3n) is 3.16. The summed E-state index contributed by atoms with van der Waals surface area (Å²) in [4.78, 5) is 0. The van der Waals surface area contributed by atoms with Gasteiger partial charge in [-0.1, -0.05) is 36.7 Å². The van der Waals surface area contributed by atoms with Gasteiger partial charge in [-0.3, -0.25) is 0 Å². The molecule has 1 saturated heterocycles. The van der Waals surface area contributed by atoms with Crippen LogP contribution in [0.1, 0.15) is 25.8 Å². The van der Waals surface area contributed by atoms with Crippen LogP contribution in [0.5, 0.6) is 0 Å². The Labute approximate surface area is 118 Å². The van der Waals surface area contributed by atoms with Crippen LogP contribution in [0.15, 0.2) is 24.3 Å². The zero-order valence-corrected chi connectivity index (χ0v) is 11.9. The molecule has 4 nitrogen and oxygen atoms in total. The molecular weight excluding hydrogens is 268 g/mol. The van der Waals surface area contributed by atoms with Crippen molar-refractivity contribution < 1.29 is 19.3 Å². The van der Waals surface area contributed by atoms with Gasteiger partial charge in [0.25, 0.3) is 0 Å². The fourth-order valence-electron chi connectivity index (χ4n) is 1.88. The van der Waals surface area contributed by atoms with E-state index < -0.39 is 11.9 Å². The molecule has 1 aliphatic rings. The van der Waals surface area contributed by atoms with Gasteiger partial charge < -0.3 is 19.3 Å². The maximum Gasteiger partial charge on any atom is 0.192 e. The van der Waals surface area contributed by atoms with E-state index in [4.69, 9.17) is 25.8 Å². The number of rotatable bonds is 5. The molecule has 5 heteroatoms. The highest BCUT2D eigenvalue weighted by Crippen LogP contribution is 2.26. The molecule has 0 spiro atoms. The Hall–Kier alpha value is -0.650. The van der Waals surface area contributed by atoms with Crippen LogP contribution in [-0.2, 0) is 20.8 Å². The van der Waals surface area contributed by atoms with E-state index in [1.807, 2.05) is 25.1 Å². The van der Waals surface area contributed by atoms with Gasteiger partial charge in [-0.2, -0.15) is 0 Å². The summed E-state index contributed by atoms with van der Waals surface area (Å²) < 4.78 is 16.5. The van der Waals surface area contributed by atoms with E-state index in [-0.39, 0.29) is 12.9 Å². The predicted octanol–water partition coefficient (Wildman–Crippen LogP) is 2.72. The Morgan fingerprint density at radius 1 is 1.47 bits per heavy atom. The van der Waals surface area contributed by atoms with Crippen molar-refractivity contribution >= 4 is 11.6 Å². The minimum Gasteiger partial charge on any atom is -0.364 e. The van der Waals surface area contributed by atoms with Crippen molar-refractivity contribution in [2.24, 2.45) is 0 Å². The second-order valence-corrected chi connectivity index (χ2v) is 5.14. The van der Waals surface area contributed by atoms with Crippen molar-refractivity contribution in [2.45, 2.75) is 45.1 Å². The summed E-state index contributed by atoms with van der Waals surface area (Å²) in [7, 11) is 0. The number of hydrogen-bond acceptors (Lipinski definition) is 4. The Kier molecular flexibility index (Phi) is 4.81. The summed E-state index contributed by atoms with van der Waals surface area (Å²) >= 11 is 6.04. The largest absolute Gasteiger partial charge is 0.364 e.